The third kappa shape index (κ3) is 2.79. The molecule has 0 fully saturated rings. The van der Waals surface area contributed by atoms with Gasteiger partial charge in [0.15, 0.2) is 0 Å². The zero-order valence-corrected chi connectivity index (χ0v) is 7.53. The molecule has 0 saturated heterocycles. The number of methoxy groups -OCH3 is 1. The van der Waals surface area contributed by atoms with Gasteiger partial charge in [0.2, 0.25) is 6.10 Å². The van der Waals surface area contributed by atoms with Gasteiger partial charge in [-0.25, -0.2) is 4.79 Å². The highest BCUT2D eigenvalue weighted by molar-refractivity contribution is 5.75. The van der Waals surface area contributed by atoms with E-state index in [0.29, 0.717) is 0 Å². The maximum atomic E-state index is 11.0. The van der Waals surface area contributed by atoms with E-state index in [-0.39, 0.29) is 5.92 Å². The minimum absolute atomic E-state index is 0.00269. The summed E-state index contributed by atoms with van der Waals surface area (Å²) < 4.78 is 9.05. The van der Waals surface area contributed by atoms with Crippen molar-refractivity contribution in [1.29, 1.82) is 5.26 Å². The number of nitriles is 1. The van der Waals surface area contributed by atoms with Crippen LogP contribution in [0.1, 0.15) is 20.3 Å². The molecule has 0 aromatic carbocycles. The number of rotatable bonds is 4. The largest absolute Gasteiger partial charge is 0.466 e. The van der Waals surface area contributed by atoms with E-state index in [0.717, 1.165) is 6.42 Å². The number of hydrogen-bond acceptors (Lipinski definition) is 4. The van der Waals surface area contributed by atoms with Gasteiger partial charge in [-0.05, 0) is 6.42 Å². The predicted octanol–water partition coefficient (Wildman–Crippen LogP) is 1.07. The maximum Gasteiger partial charge on any atom is 0.348 e. The Labute approximate surface area is 72.1 Å². The Morgan fingerprint density at radius 2 is 2.25 bits per heavy atom. The van der Waals surface area contributed by atoms with Crippen LogP contribution in [0, 0.1) is 17.4 Å². The third-order valence-corrected chi connectivity index (χ3v) is 1.77. The van der Waals surface area contributed by atoms with E-state index >= 15 is 0 Å². The standard InChI is InChI=1S/C8H13NO3/c1-4-6(2)7(12-5-9)8(10)11-3/h6-7H,4H2,1-3H3. The van der Waals surface area contributed by atoms with Crippen LogP contribution in [-0.2, 0) is 14.3 Å². The van der Waals surface area contributed by atoms with Gasteiger partial charge in [-0.1, -0.05) is 13.8 Å². The Morgan fingerprint density at radius 3 is 2.58 bits per heavy atom. The molecule has 0 amide bonds. The van der Waals surface area contributed by atoms with Gasteiger partial charge >= 0.3 is 5.97 Å². The van der Waals surface area contributed by atoms with Crippen LogP contribution in [-0.4, -0.2) is 19.2 Å². The molecule has 0 bridgehead atoms. The lowest BCUT2D eigenvalue weighted by molar-refractivity contribution is -0.152. The van der Waals surface area contributed by atoms with E-state index in [9.17, 15) is 4.79 Å². The fourth-order valence-electron chi connectivity index (χ4n) is 0.784. The van der Waals surface area contributed by atoms with Crippen molar-refractivity contribution in [1.82, 2.24) is 0 Å². The van der Waals surface area contributed by atoms with E-state index in [1.165, 1.54) is 13.4 Å². The molecule has 68 valence electrons. The normalized spacial score (nSPS) is 14.2. The predicted molar refractivity (Wildman–Crippen MR) is 42.0 cm³/mol. The van der Waals surface area contributed by atoms with Crippen LogP contribution in [0.25, 0.3) is 0 Å². The first-order valence-electron chi connectivity index (χ1n) is 3.79. The zero-order valence-electron chi connectivity index (χ0n) is 7.53. The van der Waals surface area contributed by atoms with E-state index in [4.69, 9.17) is 5.26 Å². The van der Waals surface area contributed by atoms with E-state index in [1.807, 2.05) is 13.8 Å². The lowest BCUT2D eigenvalue weighted by Crippen LogP contribution is -2.30. The smallest absolute Gasteiger partial charge is 0.348 e. The molecule has 0 heterocycles. The molecule has 2 atom stereocenters. The van der Waals surface area contributed by atoms with Crippen molar-refractivity contribution >= 4 is 5.97 Å². The Hall–Kier alpha value is -1.24. The van der Waals surface area contributed by atoms with Gasteiger partial charge in [-0.2, -0.15) is 5.26 Å². The molecule has 0 saturated carbocycles. The number of hydrogen-bond donors (Lipinski definition) is 0. The van der Waals surface area contributed by atoms with Crippen molar-refractivity contribution in [2.75, 3.05) is 7.11 Å². The number of nitrogens with zero attached hydrogens (tertiary/aromatic N) is 1. The van der Waals surface area contributed by atoms with Gasteiger partial charge in [0.1, 0.15) is 0 Å². The second-order valence-electron chi connectivity index (χ2n) is 2.54. The summed E-state index contributed by atoms with van der Waals surface area (Å²) in [7, 11) is 1.28. The Kier molecular flexibility index (Phi) is 4.86. The second-order valence-corrected chi connectivity index (χ2v) is 2.54. The van der Waals surface area contributed by atoms with Crippen LogP contribution in [0.5, 0.6) is 0 Å². The van der Waals surface area contributed by atoms with E-state index < -0.39 is 12.1 Å². The molecule has 0 radical (unpaired) electrons. The van der Waals surface area contributed by atoms with Crippen molar-refractivity contribution in [3.8, 4) is 6.26 Å². The first-order valence-corrected chi connectivity index (χ1v) is 3.79. The van der Waals surface area contributed by atoms with Crippen LogP contribution in [0.15, 0.2) is 0 Å². The molecule has 4 heteroatoms. The minimum atomic E-state index is -0.759. The number of carbonyl (C=O) groups is 1. The van der Waals surface area contributed by atoms with Crippen LogP contribution in [0.3, 0.4) is 0 Å². The van der Waals surface area contributed by atoms with Crippen molar-refractivity contribution in [2.45, 2.75) is 26.4 Å². The summed E-state index contributed by atoms with van der Waals surface area (Å²) >= 11 is 0. The third-order valence-electron chi connectivity index (χ3n) is 1.77. The Morgan fingerprint density at radius 1 is 1.67 bits per heavy atom. The first-order chi connectivity index (χ1) is 5.67. The van der Waals surface area contributed by atoms with Crippen molar-refractivity contribution in [3.05, 3.63) is 0 Å². The summed E-state index contributed by atoms with van der Waals surface area (Å²) in [6.45, 7) is 3.75. The van der Waals surface area contributed by atoms with Crippen LogP contribution in [0.2, 0.25) is 0 Å². The Balaban J connectivity index is 4.23. The molecular weight excluding hydrogens is 158 g/mol. The molecule has 0 aromatic rings. The summed E-state index contributed by atoms with van der Waals surface area (Å²) in [4.78, 5) is 11.0. The average molecular weight is 171 g/mol. The molecule has 2 unspecified atom stereocenters. The minimum Gasteiger partial charge on any atom is -0.466 e. The van der Waals surface area contributed by atoms with Crippen molar-refractivity contribution in [3.63, 3.8) is 0 Å². The summed E-state index contributed by atoms with van der Waals surface area (Å²) in [6, 6.07) is 0. The summed E-state index contributed by atoms with van der Waals surface area (Å²) in [6.07, 6.45) is 1.50. The summed E-state index contributed by atoms with van der Waals surface area (Å²) in [5.41, 5.74) is 0. The van der Waals surface area contributed by atoms with Gasteiger partial charge in [0, 0.05) is 5.92 Å². The SMILES string of the molecule is CCC(C)C(OC#N)C(=O)OC. The summed E-state index contributed by atoms with van der Waals surface area (Å²) in [5.74, 6) is -0.497. The molecule has 0 N–H and O–H groups in total. The van der Waals surface area contributed by atoms with Crippen molar-refractivity contribution < 1.29 is 14.3 Å². The Bertz CT molecular complexity index is 185. The molecule has 12 heavy (non-hydrogen) atoms. The number of ether oxygens (including phenoxy) is 2. The highest BCUT2D eigenvalue weighted by Gasteiger charge is 2.26. The molecular formula is C8H13NO3. The lowest BCUT2D eigenvalue weighted by Gasteiger charge is -2.16. The fourth-order valence-corrected chi connectivity index (χ4v) is 0.784. The second kappa shape index (κ2) is 5.42. The number of esters is 1. The topological polar surface area (TPSA) is 59.3 Å². The average Bonchev–Trinajstić information content (AvgIpc) is 2.11. The lowest BCUT2D eigenvalue weighted by atomic mass is 10.0. The molecule has 0 aromatic heterocycles. The monoisotopic (exact) mass is 171 g/mol. The fraction of sp³-hybridized carbons (Fsp3) is 0.750. The van der Waals surface area contributed by atoms with Crippen LogP contribution >= 0.6 is 0 Å². The van der Waals surface area contributed by atoms with Gasteiger partial charge in [-0.15, -0.1) is 0 Å². The molecule has 0 aliphatic heterocycles. The van der Waals surface area contributed by atoms with Gasteiger partial charge < -0.3 is 9.47 Å². The molecule has 0 spiro atoms. The molecule has 0 aliphatic carbocycles. The van der Waals surface area contributed by atoms with Crippen LogP contribution < -0.4 is 0 Å². The highest BCUT2D eigenvalue weighted by atomic mass is 16.6. The molecule has 0 aliphatic rings. The van der Waals surface area contributed by atoms with Gasteiger partial charge in [-0.3, -0.25) is 0 Å². The van der Waals surface area contributed by atoms with E-state index in [2.05, 4.69) is 9.47 Å². The first kappa shape index (κ1) is 10.8. The van der Waals surface area contributed by atoms with Crippen molar-refractivity contribution in [2.24, 2.45) is 5.92 Å². The maximum absolute atomic E-state index is 11.0. The highest BCUT2D eigenvalue weighted by Crippen LogP contribution is 2.12. The van der Waals surface area contributed by atoms with Gasteiger partial charge in [0.25, 0.3) is 6.26 Å². The van der Waals surface area contributed by atoms with Crippen LogP contribution in [0.4, 0.5) is 0 Å². The zero-order chi connectivity index (χ0) is 9.56. The quantitative estimate of drug-likeness (QED) is 0.469. The summed E-state index contributed by atoms with van der Waals surface area (Å²) in [5, 5.41) is 8.25. The van der Waals surface area contributed by atoms with Gasteiger partial charge in [0.05, 0.1) is 7.11 Å². The van der Waals surface area contributed by atoms with E-state index in [1.54, 1.807) is 0 Å². The molecule has 4 nitrogen and oxygen atoms in total. The molecule has 0 rings (SSSR count). The number of carbonyl (C=O) groups excluding carboxylic acids is 1.